The molecule has 2 aromatic carbocycles. The van der Waals surface area contributed by atoms with Crippen molar-refractivity contribution in [1.29, 1.82) is 0 Å². The van der Waals surface area contributed by atoms with Crippen LogP contribution in [0.15, 0.2) is 53.5 Å². The van der Waals surface area contributed by atoms with Crippen LogP contribution in [0.25, 0.3) is 0 Å². The summed E-state index contributed by atoms with van der Waals surface area (Å²) in [6.45, 7) is 1.46. The number of carboxylic acids is 1. The molecule has 0 amide bonds. The van der Waals surface area contributed by atoms with Crippen molar-refractivity contribution in [2.45, 2.75) is 13.0 Å². The van der Waals surface area contributed by atoms with Crippen molar-refractivity contribution in [2.24, 2.45) is 4.99 Å². The molecular weight excluding hydrogens is 273 g/mol. The van der Waals surface area contributed by atoms with Gasteiger partial charge in [0, 0.05) is 6.21 Å². The Morgan fingerprint density at radius 3 is 2.38 bits per heavy atom. The van der Waals surface area contributed by atoms with E-state index < -0.39 is 12.1 Å². The van der Waals surface area contributed by atoms with Crippen LogP contribution in [0.5, 0.6) is 5.75 Å². The highest BCUT2D eigenvalue weighted by molar-refractivity contribution is 5.82. The second-order valence-electron chi connectivity index (χ2n) is 4.40. The van der Waals surface area contributed by atoms with Gasteiger partial charge < -0.3 is 9.84 Å². The fourth-order valence-corrected chi connectivity index (χ4v) is 1.56. The van der Waals surface area contributed by atoms with Crippen molar-refractivity contribution in [3.05, 3.63) is 59.9 Å². The molecule has 1 atom stereocenters. The number of aliphatic carboxylic acids is 1. The Labute approximate surface area is 121 Å². The minimum absolute atomic E-state index is 0.303. The molecule has 0 spiro atoms. The van der Waals surface area contributed by atoms with E-state index in [0.29, 0.717) is 11.4 Å². The van der Waals surface area contributed by atoms with Gasteiger partial charge in [-0.3, -0.25) is 4.99 Å². The van der Waals surface area contributed by atoms with Crippen molar-refractivity contribution in [3.8, 4) is 5.75 Å². The second-order valence-corrected chi connectivity index (χ2v) is 4.40. The predicted molar refractivity (Wildman–Crippen MR) is 77.8 cm³/mol. The number of aliphatic imine (C=N–C) groups is 1. The zero-order valence-electron chi connectivity index (χ0n) is 11.4. The van der Waals surface area contributed by atoms with Crippen LogP contribution in [0.3, 0.4) is 0 Å². The van der Waals surface area contributed by atoms with E-state index in [1.54, 1.807) is 42.6 Å². The molecule has 0 heterocycles. The number of hydrogen-bond acceptors (Lipinski definition) is 3. The lowest BCUT2D eigenvalue weighted by molar-refractivity contribution is -0.144. The summed E-state index contributed by atoms with van der Waals surface area (Å²) < 4.78 is 18.0. The number of hydrogen-bond donors (Lipinski definition) is 1. The normalized spacial score (nSPS) is 12.3. The number of rotatable bonds is 5. The number of carboxylic acid groups (broad SMARTS) is 1. The van der Waals surface area contributed by atoms with E-state index in [9.17, 15) is 9.18 Å². The molecule has 0 unspecified atom stereocenters. The molecule has 5 heteroatoms. The van der Waals surface area contributed by atoms with Crippen LogP contribution in [0.4, 0.5) is 10.1 Å². The average Bonchev–Trinajstić information content (AvgIpc) is 2.48. The SMILES string of the molecule is C[C@H](Oc1ccc(C=Nc2ccc(F)cc2)cc1)C(=O)O. The Hall–Kier alpha value is -2.69. The second kappa shape index (κ2) is 6.65. The molecule has 1 N–H and O–H groups in total. The number of halogens is 1. The zero-order chi connectivity index (χ0) is 15.2. The molecule has 21 heavy (non-hydrogen) atoms. The van der Waals surface area contributed by atoms with E-state index >= 15 is 0 Å². The highest BCUT2D eigenvalue weighted by Gasteiger charge is 2.11. The molecule has 0 saturated carbocycles. The molecule has 2 aromatic rings. The lowest BCUT2D eigenvalue weighted by Crippen LogP contribution is -2.22. The Morgan fingerprint density at radius 2 is 1.81 bits per heavy atom. The summed E-state index contributed by atoms with van der Waals surface area (Å²) in [5.74, 6) is -0.844. The molecule has 0 saturated heterocycles. The molecule has 0 aromatic heterocycles. The molecule has 0 bridgehead atoms. The third kappa shape index (κ3) is 4.42. The molecule has 108 valence electrons. The summed E-state index contributed by atoms with van der Waals surface area (Å²) in [7, 11) is 0. The largest absolute Gasteiger partial charge is 0.479 e. The first-order chi connectivity index (χ1) is 10.0. The molecular formula is C16H14FNO3. The van der Waals surface area contributed by atoms with Crippen LogP contribution >= 0.6 is 0 Å². The predicted octanol–water partition coefficient (Wildman–Crippen LogP) is 3.43. The van der Waals surface area contributed by atoms with Gasteiger partial charge in [-0.15, -0.1) is 0 Å². The van der Waals surface area contributed by atoms with E-state index in [-0.39, 0.29) is 5.82 Å². The number of nitrogens with zero attached hydrogens (tertiary/aromatic N) is 1. The van der Waals surface area contributed by atoms with Gasteiger partial charge in [0.15, 0.2) is 6.10 Å². The molecule has 0 radical (unpaired) electrons. The van der Waals surface area contributed by atoms with Gasteiger partial charge >= 0.3 is 5.97 Å². The Balaban J connectivity index is 2.02. The Morgan fingerprint density at radius 1 is 1.19 bits per heavy atom. The lowest BCUT2D eigenvalue weighted by Gasteiger charge is -2.09. The summed E-state index contributed by atoms with van der Waals surface area (Å²) in [5, 5.41) is 8.75. The minimum Gasteiger partial charge on any atom is -0.479 e. The van der Waals surface area contributed by atoms with Gasteiger partial charge in [0.05, 0.1) is 5.69 Å². The van der Waals surface area contributed by atoms with Crippen LogP contribution in [0, 0.1) is 5.82 Å². The minimum atomic E-state index is -1.02. The van der Waals surface area contributed by atoms with Crippen molar-refractivity contribution in [1.82, 2.24) is 0 Å². The topological polar surface area (TPSA) is 58.9 Å². The quantitative estimate of drug-likeness (QED) is 0.857. The lowest BCUT2D eigenvalue weighted by atomic mass is 10.2. The van der Waals surface area contributed by atoms with Crippen LogP contribution in [-0.4, -0.2) is 23.4 Å². The Bertz CT molecular complexity index is 636. The molecule has 0 aliphatic carbocycles. The fraction of sp³-hybridized carbons (Fsp3) is 0.125. The third-order valence-corrected chi connectivity index (χ3v) is 2.73. The highest BCUT2D eigenvalue weighted by Crippen LogP contribution is 2.15. The average molecular weight is 287 g/mol. The van der Waals surface area contributed by atoms with Gasteiger partial charge in [0.25, 0.3) is 0 Å². The first-order valence-corrected chi connectivity index (χ1v) is 6.34. The van der Waals surface area contributed by atoms with E-state index in [1.807, 2.05) is 0 Å². The molecule has 0 aliphatic rings. The maximum Gasteiger partial charge on any atom is 0.344 e. The van der Waals surface area contributed by atoms with Gasteiger partial charge in [0.1, 0.15) is 11.6 Å². The van der Waals surface area contributed by atoms with Gasteiger partial charge in [-0.05, 0) is 61.0 Å². The van der Waals surface area contributed by atoms with Crippen LogP contribution in [0.1, 0.15) is 12.5 Å². The number of carbonyl (C=O) groups is 1. The van der Waals surface area contributed by atoms with Crippen molar-refractivity contribution in [3.63, 3.8) is 0 Å². The first-order valence-electron chi connectivity index (χ1n) is 6.34. The monoisotopic (exact) mass is 287 g/mol. The van der Waals surface area contributed by atoms with Crippen molar-refractivity contribution in [2.75, 3.05) is 0 Å². The Kier molecular flexibility index (Phi) is 4.66. The summed E-state index contributed by atoms with van der Waals surface area (Å²) in [4.78, 5) is 14.9. The fourth-order valence-electron chi connectivity index (χ4n) is 1.56. The third-order valence-electron chi connectivity index (χ3n) is 2.73. The van der Waals surface area contributed by atoms with Crippen LogP contribution in [-0.2, 0) is 4.79 Å². The summed E-state index contributed by atoms with van der Waals surface area (Å²) >= 11 is 0. The highest BCUT2D eigenvalue weighted by atomic mass is 19.1. The molecule has 0 aliphatic heterocycles. The summed E-state index contributed by atoms with van der Waals surface area (Å²) in [6, 6.07) is 12.7. The van der Waals surface area contributed by atoms with Crippen LogP contribution in [0.2, 0.25) is 0 Å². The van der Waals surface area contributed by atoms with Gasteiger partial charge in [-0.1, -0.05) is 0 Å². The standard InChI is InChI=1S/C16H14FNO3/c1-11(16(19)20)21-15-8-2-12(3-9-15)10-18-14-6-4-13(17)5-7-14/h2-11H,1H3,(H,19,20)/t11-/m0/s1. The number of benzene rings is 2. The van der Waals surface area contributed by atoms with Crippen molar-refractivity contribution < 1.29 is 19.0 Å². The van der Waals surface area contributed by atoms with Gasteiger partial charge in [-0.2, -0.15) is 0 Å². The molecule has 0 fully saturated rings. The van der Waals surface area contributed by atoms with E-state index in [0.717, 1.165) is 5.56 Å². The maximum atomic E-state index is 12.7. The van der Waals surface area contributed by atoms with E-state index in [1.165, 1.54) is 19.1 Å². The van der Waals surface area contributed by atoms with Gasteiger partial charge in [-0.25, -0.2) is 9.18 Å². The first kappa shape index (κ1) is 14.7. The van der Waals surface area contributed by atoms with Gasteiger partial charge in [0.2, 0.25) is 0 Å². The molecule has 4 nitrogen and oxygen atoms in total. The molecule has 2 rings (SSSR count). The van der Waals surface area contributed by atoms with Crippen LogP contribution < -0.4 is 4.74 Å². The van der Waals surface area contributed by atoms with Crippen molar-refractivity contribution >= 4 is 17.9 Å². The summed E-state index contributed by atoms with van der Waals surface area (Å²) in [6.07, 6.45) is 0.737. The maximum absolute atomic E-state index is 12.7. The smallest absolute Gasteiger partial charge is 0.344 e. The number of ether oxygens (including phenoxy) is 1. The van der Waals surface area contributed by atoms with E-state index in [2.05, 4.69) is 4.99 Å². The summed E-state index contributed by atoms with van der Waals surface area (Å²) in [5.41, 5.74) is 1.48. The zero-order valence-corrected chi connectivity index (χ0v) is 11.4. The van der Waals surface area contributed by atoms with E-state index in [4.69, 9.17) is 9.84 Å².